The van der Waals surface area contributed by atoms with E-state index in [4.69, 9.17) is 0 Å². The molecule has 0 radical (unpaired) electrons. The molecule has 0 fully saturated rings. The molecule has 0 aliphatic rings. The van der Waals surface area contributed by atoms with Crippen molar-refractivity contribution in [3.8, 4) is 5.69 Å². The third-order valence-corrected chi connectivity index (χ3v) is 5.20. The van der Waals surface area contributed by atoms with Crippen molar-refractivity contribution in [3.05, 3.63) is 115 Å². The van der Waals surface area contributed by atoms with Crippen molar-refractivity contribution in [3.63, 3.8) is 0 Å². The number of carbonyl (C=O) groups is 1. The molecule has 4 heteroatoms. The highest BCUT2D eigenvalue weighted by molar-refractivity contribution is 6.13. The zero-order valence-electron chi connectivity index (χ0n) is 16.2. The molecule has 0 saturated carbocycles. The van der Waals surface area contributed by atoms with Gasteiger partial charge in [0.05, 0.1) is 17.5 Å². The van der Waals surface area contributed by atoms with Crippen molar-refractivity contribution in [2.24, 2.45) is 5.10 Å². The van der Waals surface area contributed by atoms with Gasteiger partial charge in [0.1, 0.15) is 0 Å². The predicted octanol–water partition coefficient (Wildman–Crippen LogP) is 5.55. The summed E-state index contributed by atoms with van der Waals surface area (Å²) in [5, 5.41) is 8.79. The fraction of sp³-hybridized carbons (Fsp3) is 0. The molecule has 30 heavy (non-hydrogen) atoms. The zero-order chi connectivity index (χ0) is 20.3. The van der Waals surface area contributed by atoms with Gasteiger partial charge in [0.15, 0.2) is 0 Å². The van der Waals surface area contributed by atoms with Crippen LogP contribution < -0.4 is 5.43 Å². The molecule has 0 bridgehead atoms. The van der Waals surface area contributed by atoms with Gasteiger partial charge in [-0.05, 0) is 51.9 Å². The normalized spacial score (nSPS) is 11.3. The first-order valence-corrected chi connectivity index (χ1v) is 9.77. The Labute approximate surface area is 174 Å². The van der Waals surface area contributed by atoms with Crippen LogP contribution in [-0.2, 0) is 0 Å². The smallest absolute Gasteiger partial charge is 0.273 e. The van der Waals surface area contributed by atoms with Crippen molar-refractivity contribution < 1.29 is 4.79 Å². The van der Waals surface area contributed by atoms with E-state index < -0.39 is 0 Å². The topological polar surface area (TPSA) is 46.4 Å². The second kappa shape index (κ2) is 7.68. The standard InChI is InChI=1S/C26H19N3O/c30-26(23-13-5-6-14-25(23)29-15-7-8-16-29)28-27-18-24-21-11-3-1-9-19(21)17-20-10-2-4-12-22(20)24/h1-18H,(H,28,30)/b27-18+. The van der Waals surface area contributed by atoms with E-state index in [0.29, 0.717) is 5.56 Å². The van der Waals surface area contributed by atoms with E-state index >= 15 is 0 Å². The van der Waals surface area contributed by atoms with E-state index in [1.54, 1.807) is 12.3 Å². The van der Waals surface area contributed by atoms with E-state index in [1.807, 2.05) is 71.6 Å². The van der Waals surface area contributed by atoms with Gasteiger partial charge in [0.25, 0.3) is 5.91 Å². The molecule has 1 aromatic heterocycles. The maximum Gasteiger partial charge on any atom is 0.273 e. The molecule has 0 aliphatic carbocycles. The van der Waals surface area contributed by atoms with Crippen molar-refractivity contribution in [2.75, 3.05) is 0 Å². The number of hydrazone groups is 1. The molecule has 4 nitrogen and oxygen atoms in total. The quantitative estimate of drug-likeness (QED) is 0.245. The summed E-state index contributed by atoms with van der Waals surface area (Å²) in [7, 11) is 0. The number of rotatable bonds is 4. The maximum absolute atomic E-state index is 12.8. The third kappa shape index (κ3) is 3.25. The zero-order valence-corrected chi connectivity index (χ0v) is 16.2. The van der Waals surface area contributed by atoms with Gasteiger partial charge in [-0.25, -0.2) is 5.43 Å². The van der Waals surface area contributed by atoms with E-state index in [1.165, 1.54) is 0 Å². The molecule has 5 aromatic rings. The second-order valence-corrected chi connectivity index (χ2v) is 7.04. The molecule has 5 rings (SSSR count). The average molecular weight is 389 g/mol. The van der Waals surface area contributed by atoms with Crippen LogP contribution >= 0.6 is 0 Å². The SMILES string of the molecule is O=C(N/N=C/c1c2ccccc2cc2ccccc12)c1ccccc1-n1cccc1. The molecule has 1 heterocycles. The lowest BCUT2D eigenvalue weighted by Gasteiger charge is -2.10. The summed E-state index contributed by atoms with van der Waals surface area (Å²) in [5.41, 5.74) is 5.06. The van der Waals surface area contributed by atoms with E-state index in [2.05, 4.69) is 40.9 Å². The average Bonchev–Trinajstić information content (AvgIpc) is 3.33. The number of aromatic nitrogens is 1. The summed E-state index contributed by atoms with van der Waals surface area (Å²) >= 11 is 0. The molecule has 144 valence electrons. The number of fused-ring (bicyclic) bond motifs is 2. The van der Waals surface area contributed by atoms with E-state index in [9.17, 15) is 4.79 Å². The lowest BCUT2D eigenvalue weighted by Crippen LogP contribution is -2.19. The van der Waals surface area contributed by atoms with Crippen molar-refractivity contribution in [2.45, 2.75) is 0 Å². The first-order chi connectivity index (χ1) is 14.8. The molecule has 1 amide bonds. The molecule has 1 N–H and O–H groups in total. The van der Waals surface area contributed by atoms with Crippen LogP contribution in [0.5, 0.6) is 0 Å². The van der Waals surface area contributed by atoms with Crippen LogP contribution in [0.4, 0.5) is 0 Å². The highest BCUT2D eigenvalue weighted by atomic mass is 16.2. The van der Waals surface area contributed by atoms with Crippen LogP contribution in [0, 0.1) is 0 Å². The minimum Gasteiger partial charge on any atom is -0.323 e. The molecule has 0 atom stereocenters. The van der Waals surface area contributed by atoms with Crippen LogP contribution in [-0.4, -0.2) is 16.7 Å². The van der Waals surface area contributed by atoms with Gasteiger partial charge in [-0.2, -0.15) is 5.10 Å². The van der Waals surface area contributed by atoms with Crippen molar-refractivity contribution >= 4 is 33.7 Å². The van der Waals surface area contributed by atoms with Crippen LogP contribution in [0.3, 0.4) is 0 Å². The van der Waals surface area contributed by atoms with Crippen LogP contribution in [0.25, 0.3) is 27.2 Å². The molecule has 0 spiro atoms. The predicted molar refractivity (Wildman–Crippen MR) is 122 cm³/mol. The Bertz CT molecular complexity index is 1330. The molecule has 0 unspecified atom stereocenters. The Morgan fingerprint density at radius 3 is 2.07 bits per heavy atom. The Hall–Kier alpha value is -4.18. The molecular weight excluding hydrogens is 370 g/mol. The fourth-order valence-corrected chi connectivity index (χ4v) is 3.79. The maximum atomic E-state index is 12.8. The Morgan fingerprint density at radius 1 is 0.767 bits per heavy atom. The Kier molecular flexibility index (Phi) is 4.58. The minimum atomic E-state index is -0.250. The number of nitrogens with zero attached hydrogens (tertiary/aromatic N) is 2. The first-order valence-electron chi connectivity index (χ1n) is 9.77. The summed E-state index contributed by atoms with van der Waals surface area (Å²) in [6.45, 7) is 0. The number of carbonyl (C=O) groups excluding carboxylic acids is 1. The van der Waals surface area contributed by atoms with Gasteiger partial charge >= 0.3 is 0 Å². The lowest BCUT2D eigenvalue weighted by atomic mass is 9.97. The Morgan fingerprint density at radius 2 is 1.37 bits per heavy atom. The van der Waals surface area contributed by atoms with Crippen molar-refractivity contribution in [1.29, 1.82) is 0 Å². The van der Waals surface area contributed by atoms with Gasteiger partial charge in [-0.1, -0.05) is 60.7 Å². The third-order valence-electron chi connectivity index (χ3n) is 5.20. The van der Waals surface area contributed by atoms with E-state index in [-0.39, 0.29) is 5.91 Å². The van der Waals surface area contributed by atoms with Gasteiger partial charge in [-0.15, -0.1) is 0 Å². The summed E-state index contributed by atoms with van der Waals surface area (Å²) < 4.78 is 1.91. The fourth-order valence-electron chi connectivity index (χ4n) is 3.79. The van der Waals surface area contributed by atoms with E-state index in [0.717, 1.165) is 32.8 Å². The number of nitrogens with one attached hydrogen (secondary N) is 1. The first kappa shape index (κ1) is 17.9. The summed E-state index contributed by atoms with van der Waals surface area (Å²) in [6, 6.07) is 29.9. The molecule has 4 aromatic carbocycles. The summed E-state index contributed by atoms with van der Waals surface area (Å²) in [6.07, 6.45) is 5.57. The Balaban J connectivity index is 1.50. The lowest BCUT2D eigenvalue weighted by molar-refractivity contribution is 0.0955. The minimum absolute atomic E-state index is 0.250. The summed E-state index contributed by atoms with van der Waals surface area (Å²) in [5.74, 6) is -0.250. The van der Waals surface area contributed by atoms with Gasteiger partial charge in [0, 0.05) is 18.0 Å². The van der Waals surface area contributed by atoms with Crippen LogP contribution in [0.2, 0.25) is 0 Å². The summed E-state index contributed by atoms with van der Waals surface area (Å²) in [4.78, 5) is 12.8. The van der Waals surface area contributed by atoms with Gasteiger partial charge < -0.3 is 4.57 Å². The molecule has 0 aliphatic heterocycles. The molecule has 0 saturated heterocycles. The molecular formula is C26H19N3O. The van der Waals surface area contributed by atoms with Crippen molar-refractivity contribution in [1.82, 2.24) is 9.99 Å². The van der Waals surface area contributed by atoms with Crippen LogP contribution in [0.15, 0.2) is 108 Å². The largest absolute Gasteiger partial charge is 0.323 e. The number of para-hydroxylation sites is 1. The number of hydrogen-bond donors (Lipinski definition) is 1. The highest BCUT2D eigenvalue weighted by Crippen LogP contribution is 2.27. The highest BCUT2D eigenvalue weighted by Gasteiger charge is 2.11. The van der Waals surface area contributed by atoms with Crippen LogP contribution in [0.1, 0.15) is 15.9 Å². The number of hydrogen-bond acceptors (Lipinski definition) is 2. The number of amides is 1. The number of benzene rings is 4. The van der Waals surface area contributed by atoms with Gasteiger partial charge in [0.2, 0.25) is 0 Å². The second-order valence-electron chi connectivity index (χ2n) is 7.04. The van der Waals surface area contributed by atoms with Gasteiger partial charge in [-0.3, -0.25) is 4.79 Å². The monoisotopic (exact) mass is 389 g/mol.